The summed E-state index contributed by atoms with van der Waals surface area (Å²) in [6.07, 6.45) is 0. The Hall–Kier alpha value is -2.42. The van der Waals surface area contributed by atoms with Gasteiger partial charge in [-0.25, -0.2) is 9.59 Å². The highest BCUT2D eigenvalue weighted by atomic mass is 16.6. The normalized spacial score (nSPS) is 10.0. The molecule has 0 aromatic heterocycles. The third kappa shape index (κ3) is 2.88. The molecule has 0 saturated heterocycles. The van der Waals surface area contributed by atoms with E-state index in [0.29, 0.717) is 11.1 Å². The van der Waals surface area contributed by atoms with Gasteiger partial charge < -0.3 is 4.74 Å². The molecule has 19 heavy (non-hydrogen) atoms. The molecule has 0 aliphatic heterocycles. The monoisotopic (exact) mass is 254 g/mol. The van der Waals surface area contributed by atoms with Crippen molar-refractivity contribution >= 4 is 11.9 Å². The molecule has 3 nitrogen and oxygen atoms in total. The quantitative estimate of drug-likeness (QED) is 0.610. The van der Waals surface area contributed by atoms with Crippen molar-refractivity contribution in [2.75, 3.05) is 0 Å². The van der Waals surface area contributed by atoms with Gasteiger partial charge in [0.1, 0.15) is 0 Å². The van der Waals surface area contributed by atoms with Gasteiger partial charge in [0.25, 0.3) is 0 Å². The number of hydrogen-bond donors (Lipinski definition) is 0. The number of carbonyl (C=O) groups is 2. The summed E-state index contributed by atoms with van der Waals surface area (Å²) in [5, 5.41) is 0. The lowest BCUT2D eigenvalue weighted by atomic mass is 10.0. The Labute approximate surface area is 111 Å². The molecule has 2 aromatic carbocycles. The summed E-state index contributed by atoms with van der Waals surface area (Å²) in [7, 11) is 0. The molecule has 0 spiro atoms. The third-order valence-corrected chi connectivity index (χ3v) is 3.02. The Kier molecular flexibility index (Phi) is 3.76. The van der Waals surface area contributed by atoms with Gasteiger partial charge in [0, 0.05) is 0 Å². The van der Waals surface area contributed by atoms with Crippen molar-refractivity contribution in [3.8, 4) is 0 Å². The maximum atomic E-state index is 12.0. The standard InChI is InChI=1S/C16H14O3/c1-11-7-6-10-14(12(11)2)16(18)19-15(17)13-8-4-3-5-9-13/h3-10H,1-2H3. The summed E-state index contributed by atoms with van der Waals surface area (Å²) in [6.45, 7) is 3.74. The highest BCUT2D eigenvalue weighted by Gasteiger charge is 2.16. The largest absolute Gasteiger partial charge is 0.386 e. The molecular weight excluding hydrogens is 240 g/mol. The van der Waals surface area contributed by atoms with Gasteiger partial charge in [-0.2, -0.15) is 0 Å². The van der Waals surface area contributed by atoms with Crippen LogP contribution in [0.5, 0.6) is 0 Å². The van der Waals surface area contributed by atoms with Crippen molar-refractivity contribution in [3.63, 3.8) is 0 Å². The van der Waals surface area contributed by atoms with Crippen molar-refractivity contribution in [2.45, 2.75) is 13.8 Å². The predicted molar refractivity (Wildman–Crippen MR) is 72.1 cm³/mol. The molecule has 0 bridgehead atoms. The van der Waals surface area contributed by atoms with Crippen LogP contribution in [0.1, 0.15) is 31.8 Å². The Morgan fingerprint density at radius 2 is 1.53 bits per heavy atom. The lowest BCUT2D eigenvalue weighted by Gasteiger charge is -2.07. The van der Waals surface area contributed by atoms with E-state index in [1.807, 2.05) is 19.9 Å². The first-order chi connectivity index (χ1) is 9.09. The van der Waals surface area contributed by atoms with Gasteiger partial charge in [0.15, 0.2) is 0 Å². The second-order valence-corrected chi connectivity index (χ2v) is 4.29. The van der Waals surface area contributed by atoms with E-state index in [-0.39, 0.29) is 0 Å². The number of hydrogen-bond acceptors (Lipinski definition) is 3. The zero-order valence-corrected chi connectivity index (χ0v) is 10.8. The van der Waals surface area contributed by atoms with Crippen LogP contribution in [-0.4, -0.2) is 11.9 Å². The number of esters is 2. The maximum Gasteiger partial charge on any atom is 0.346 e. The van der Waals surface area contributed by atoms with E-state index in [1.165, 1.54) is 0 Å². The van der Waals surface area contributed by atoms with E-state index in [0.717, 1.165) is 11.1 Å². The molecule has 0 saturated carbocycles. The fourth-order valence-electron chi connectivity index (χ4n) is 1.74. The van der Waals surface area contributed by atoms with E-state index in [4.69, 9.17) is 4.74 Å². The number of aryl methyl sites for hydroxylation is 1. The average Bonchev–Trinajstić information content (AvgIpc) is 2.42. The molecule has 96 valence electrons. The summed E-state index contributed by atoms with van der Waals surface area (Å²) >= 11 is 0. The van der Waals surface area contributed by atoms with Crippen molar-refractivity contribution in [1.82, 2.24) is 0 Å². The van der Waals surface area contributed by atoms with Crippen molar-refractivity contribution < 1.29 is 14.3 Å². The smallest absolute Gasteiger partial charge is 0.346 e. The zero-order chi connectivity index (χ0) is 13.8. The molecule has 2 rings (SSSR count). The molecule has 2 aromatic rings. The molecule has 0 heterocycles. The highest BCUT2D eigenvalue weighted by molar-refractivity contribution is 6.03. The van der Waals surface area contributed by atoms with Gasteiger partial charge >= 0.3 is 11.9 Å². The maximum absolute atomic E-state index is 12.0. The summed E-state index contributed by atoms with van der Waals surface area (Å²) < 4.78 is 4.88. The second-order valence-electron chi connectivity index (χ2n) is 4.29. The summed E-state index contributed by atoms with van der Waals surface area (Å²) in [4.78, 5) is 23.7. The molecular formula is C16H14O3. The van der Waals surface area contributed by atoms with Crippen molar-refractivity contribution in [1.29, 1.82) is 0 Å². The molecule has 0 unspecified atom stereocenters. The van der Waals surface area contributed by atoms with Crippen molar-refractivity contribution in [3.05, 3.63) is 70.8 Å². The molecule has 0 N–H and O–H groups in total. The number of carbonyl (C=O) groups excluding carboxylic acids is 2. The van der Waals surface area contributed by atoms with Crippen LogP contribution in [0.2, 0.25) is 0 Å². The van der Waals surface area contributed by atoms with Crippen LogP contribution in [0.4, 0.5) is 0 Å². The first-order valence-electron chi connectivity index (χ1n) is 5.97. The minimum Gasteiger partial charge on any atom is -0.386 e. The van der Waals surface area contributed by atoms with Gasteiger partial charge in [-0.3, -0.25) is 0 Å². The van der Waals surface area contributed by atoms with Crippen LogP contribution in [0.25, 0.3) is 0 Å². The third-order valence-electron chi connectivity index (χ3n) is 3.02. The lowest BCUT2D eigenvalue weighted by molar-refractivity contribution is 0.0397. The molecule has 0 amide bonds. The molecule has 0 aliphatic rings. The highest BCUT2D eigenvalue weighted by Crippen LogP contribution is 2.14. The Balaban J connectivity index is 2.18. The minimum absolute atomic E-state index is 0.362. The molecule has 0 radical (unpaired) electrons. The first-order valence-corrected chi connectivity index (χ1v) is 5.97. The van der Waals surface area contributed by atoms with E-state index >= 15 is 0 Å². The Morgan fingerprint density at radius 3 is 2.21 bits per heavy atom. The van der Waals surface area contributed by atoms with E-state index in [1.54, 1.807) is 42.5 Å². The number of rotatable bonds is 2. The van der Waals surface area contributed by atoms with Crippen LogP contribution < -0.4 is 0 Å². The SMILES string of the molecule is Cc1cccc(C(=O)OC(=O)c2ccccc2)c1C. The fourth-order valence-corrected chi connectivity index (χ4v) is 1.74. The average molecular weight is 254 g/mol. The molecule has 0 atom stereocenters. The van der Waals surface area contributed by atoms with Gasteiger partial charge in [-0.05, 0) is 43.2 Å². The molecule has 3 heteroatoms. The first kappa shape index (κ1) is 13.0. The topological polar surface area (TPSA) is 43.4 Å². The van der Waals surface area contributed by atoms with E-state index < -0.39 is 11.9 Å². The van der Waals surface area contributed by atoms with Crippen LogP contribution in [0.3, 0.4) is 0 Å². The Morgan fingerprint density at radius 1 is 0.842 bits per heavy atom. The Bertz CT molecular complexity index is 615. The second kappa shape index (κ2) is 5.48. The zero-order valence-electron chi connectivity index (χ0n) is 10.8. The van der Waals surface area contributed by atoms with Gasteiger partial charge in [-0.15, -0.1) is 0 Å². The summed E-state index contributed by atoms with van der Waals surface area (Å²) in [6, 6.07) is 13.8. The van der Waals surface area contributed by atoms with E-state index in [9.17, 15) is 9.59 Å². The van der Waals surface area contributed by atoms with Crippen LogP contribution >= 0.6 is 0 Å². The summed E-state index contributed by atoms with van der Waals surface area (Å²) in [5.74, 6) is -1.25. The van der Waals surface area contributed by atoms with Crippen LogP contribution in [0, 0.1) is 13.8 Å². The van der Waals surface area contributed by atoms with Gasteiger partial charge in [0.2, 0.25) is 0 Å². The van der Waals surface area contributed by atoms with Crippen molar-refractivity contribution in [2.24, 2.45) is 0 Å². The lowest BCUT2D eigenvalue weighted by Crippen LogP contribution is -2.14. The van der Waals surface area contributed by atoms with Gasteiger partial charge in [0.05, 0.1) is 11.1 Å². The van der Waals surface area contributed by atoms with Gasteiger partial charge in [-0.1, -0.05) is 30.3 Å². The predicted octanol–water partition coefficient (Wildman–Crippen LogP) is 3.30. The van der Waals surface area contributed by atoms with E-state index in [2.05, 4.69) is 0 Å². The van der Waals surface area contributed by atoms with Crippen LogP contribution in [-0.2, 0) is 4.74 Å². The minimum atomic E-state index is -0.633. The number of ether oxygens (including phenoxy) is 1. The fraction of sp³-hybridized carbons (Fsp3) is 0.125. The summed E-state index contributed by atoms with van der Waals surface area (Å²) in [5.41, 5.74) is 2.60. The number of benzene rings is 2. The molecule has 0 aliphatic carbocycles. The molecule has 0 fully saturated rings. The van der Waals surface area contributed by atoms with Crippen LogP contribution in [0.15, 0.2) is 48.5 Å².